The molecule has 1 aromatic heterocycles. The number of nitrogens with zero attached hydrogens (tertiary/aromatic N) is 5. The number of rotatable bonds is 2. The summed E-state index contributed by atoms with van der Waals surface area (Å²) in [5.41, 5.74) is 3.07. The van der Waals surface area contributed by atoms with E-state index in [1.807, 2.05) is 31.1 Å². The standard InChI is InChI=1S/C22H25N5O/c1-15-6-4-5-7-18(15)21-19-14-26(20-10-16(11-23)8-9-24-20)12-17(19)13-27(21)22(28)25(2)3/h4-10,17,19,21H,12-14H2,1-3H3/t17-,19-,21+/m1/s1. The predicted molar refractivity (Wildman–Crippen MR) is 108 cm³/mol. The molecule has 0 aliphatic carbocycles. The Labute approximate surface area is 166 Å². The second-order valence-electron chi connectivity index (χ2n) is 7.97. The van der Waals surface area contributed by atoms with E-state index in [9.17, 15) is 10.1 Å². The lowest BCUT2D eigenvalue weighted by molar-refractivity contribution is 0.159. The van der Waals surface area contributed by atoms with Crippen LogP contribution < -0.4 is 4.90 Å². The summed E-state index contributed by atoms with van der Waals surface area (Å²) in [6.07, 6.45) is 1.70. The van der Waals surface area contributed by atoms with E-state index < -0.39 is 0 Å². The molecule has 2 aliphatic rings. The second kappa shape index (κ2) is 7.16. The smallest absolute Gasteiger partial charge is 0.320 e. The Morgan fingerprint density at radius 3 is 2.71 bits per heavy atom. The van der Waals surface area contributed by atoms with Gasteiger partial charge in [-0.2, -0.15) is 5.26 Å². The van der Waals surface area contributed by atoms with Gasteiger partial charge < -0.3 is 14.7 Å². The molecule has 1 aromatic carbocycles. The summed E-state index contributed by atoms with van der Waals surface area (Å²) < 4.78 is 0. The minimum Gasteiger partial charge on any atom is -0.356 e. The maximum absolute atomic E-state index is 12.9. The third-order valence-corrected chi connectivity index (χ3v) is 6.00. The van der Waals surface area contributed by atoms with Crippen LogP contribution in [0, 0.1) is 30.1 Å². The van der Waals surface area contributed by atoms with E-state index in [0.29, 0.717) is 17.4 Å². The van der Waals surface area contributed by atoms with Crippen molar-refractivity contribution in [3.05, 3.63) is 59.3 Å². The van der Waals surface area contributed by atoms with E-state index >= 15 is 0 Å². The number of aryl methyl sites for hydroxylation is 1. The van der Waals surface area contributed by atoms with Gasteiger partial charge in [0, 0.05) is 51.8 Å². The highest BCUT2D eigenvalue weighted by atomic mass is 16.2. The molecular weight excluding hydrogens is 350 g/mol. The minimum absolute atomic E-state index is 0.0604. The van der Waals surface area contributed by atoms with Crippen molar-refractivity contribution in [3.8, 4) is 6.07 Å². The predicted octanol–water partition coefficient (Wildman–Crippen LogP) is 3.05. The van der Waals surface area contributed by atoms with Gasteiger partial charge in [0.1, 0.15) is 5.82 Å². The number of likely N-dealkylation sites (tertiary alicyclic amines) is 1. The number of pyridine rings is 1. The maximum atomic E-state index is 12.9. The van der Waals surface area contributed by atoms with E-state index in [1.54, 1.807) is 17.2 Å². The lowest BCUT2D eigenvalue weighted by Crippen LogP contribution is -2.41. The van der Waals surface area contributed by atoms with Gasteiger partial charge in [0.05, 0.1) is 17.7 Å². The first kappa shape index (κ1) is 18.3. The van der Waals surface area contributed by atoms with E-state index in [1.165, 1.54) is 11.1 Å². The van der Waals surface area contributed by atoms with E-state index in [-0.39, 0.29) is 12.1 Å². The van der Waals surface area contributed by atoms with Gasteiger partial charge in [-0.05, 0) is 30.2 Å². The molecule has 2 saturated heterocycles. The lowest BCUT2D eigenvalue weighted by Gasteiger charge is -2.32. The molecule has 0 N–H and O–H groups in total. The SMILES string of the molecule is Cc1ccccc1[C@H]1[C@@H]2CN(c3cc(C#N)ccn3)C[C@@H]2CN1C(=O)N(C)C. The number of urea groups is 1. The van der Waals surface area contributed by atoms with Gasteiger partial charge in [-0.25, -0.2) is 9.78 Å². The van der Waals surface area contributed by atoms with Gasteiger partial charge >= 0.3 is 6.03 Å². The molecule has 2 aromatic rings. The molecule has 3 heterocycles. The summed E-state index contributed by atoms with van der Waals surface area (Å²) in [6, 6.07) is 14.3. The van der Waals surface area contributed by atoms with Crippen LogP contribution in [0.25, 0.3) is 0 Å². The molecule has 0 spiro atoms. The first-order valence-corrected chi connectivity index (χ1v) is 9.64. The van der Waals surface area contributed by atoms with Gasteiger partial charge in [-0.3, -0.25) is 0 Å². The van der Waals surface area contributed by atoms with Crippen molar-refractivity contribution in [3.63, 3.8) is 0 Å². The Morgan fingerprint density at radius 1 is 1.21 bits per heavy atom. The molecule has 6 heteroatoms. The second-order valence-corrected chi connectivity index (χ2v) is 7.97. The van der Waals surface area contributed by atoms with Crippen LogP contribution in [0.5, 0.6) is 0 Å². The number of carbonyl (C=O) groups is 1. The molecule has 0 saturated carbocycles. The average Bonchev–Trinajstić information content (AvgIpc) is 3.26. The molecule has 2 amide bonds. The topological polar surface area (TPSA) is 63.5 Å². The molecule has 0 unspecified atom stereocenters. The molecule has 0 radical (unpaired) electrons. The Kier molecular flexibility index (Phi) is 4.68. The van der Waals surface area contributed by atoms with E-state index in [0.717, 1.165) is 25.5 Å². The molecule has 28 heavy (non-hydrogen) atoms. The fraction of sp³-hybridized carbons (Fsp3) is 0.409. The monoisotopic (exact) mass is 375 g/mol. The van der Waals surface area contributed by atoms with Crippen LogP contribution in [0.15, 0.2) is 42.6 Å². The van der Waals surface area contributed by atoms with Crippen LogP contribution in [-0.4, -0.2) is 54.5 Å². The summed E-state index contributed by atoms with van der Waals surface area (Å²) in [7, 11) is 3.63. The first-order chi connectivity index (χ1) is 13.5. The van der Waals surface area contributed by atoms with Gasteiger partial charge in [0.15, 0.2) is 0 Å². The van der Waals surface area contributed by atoms with Crippen molar-refractivity contribution < 1.29 is 4.79 Å². The van der Waals surface area contributed by atoms with Crippen LogP contribution in [0.3, 0.4) is 0 Å². The van der Waals surface area contributed by atoms with Crippen molar-refractivity contribution in [2.24, 2.45) is 11.8 Å². The zero-order valence-corrected chi connectivity index (χ0v) is 16.5. The number of carbonyl (C=O) groups excluding carboxylic acids is 1. The molecule has 144 valence electrons. The van der Waals surface area contributed by atoms with Crippen molar-refractivity contribution in [1.82, 2.24) is 14.8 Å². The van der Waals surface area contributed by atoms with Gasteiger partial charge in [-0.1, -0.05) is 24.3 Å². The highest BCUT2D eigenvalue weighted by molar-refractivity contribution is 5.75. The summed E-state index contributed by atoms with van der Waals surface area (Å²) >= 11 is 0. The van der Waals surface area contributed by atoms with Crippen LogP contribution in [-0.2, 0) is 0 Å². The number of hydrogen-bond donors (Lipinski definition) is 0. The zero-order chi connectivity index (χ0) is 19.8. The first-order valence-electron chi connectivity index (χ1n) is 9.64. The summed E-state index contributed by atoms with van der Waals surface area (Å²) in [5.74, 6) is 1.58. The number of aromatic nitrogens is 1. The van der Waals surface area contributed by atoms with Crippen LogP contribution in [0.2, 0.25) is 0 Å². The summed E-state index contributed by atoms with van der Waals surface area (Å²) in [4.78, 5) is 23.3. The molecule has 2 aliphatic heterocycles. The molecule has 4 rings (SSSR count). The number of nitriles is 1. The van der Waals surface area contributed by atoms with Crippen molar-refractivity contribution in [2.45, 2.75) is 13.0 Å². The highest BCUT2D eigenvalue weighted by Crippen LogP contribution is 2.46. The fourth-order valence-electron chi connectivity index (χ4n) is 4.66. The maximum Gasteiger partial charge on any atom is 0.320 e. The third kappa shape index (κ3) is 3.07. The highest BCUT2D eigenvalue weighted by Gasteiger charge is 2.50. The van der Waals surface area contributed by atoms with Crippen molar-refractivity contribution in [2.75, 3.05) is 38.6 Å². The van der Waals surface area contributed by atoms with Crippen molar-refractivity contribution in [1.29, 1.82) is 5.26 Å². The number of amides is 2. The van der Waals surface area contributed by atoms with Crippen LogP contribution in [0.4, 0.5) is 10.6 Å². The number of anilines is 1. The molecular formula is C22H25N5O. The number of fused-ring (bicyclic) bond motifs is 1. The summed E-state index contributed by atoms with van der Waals surface area (Å²) in [6.45, 7) is 4.55. The third-order valence-electron chi connectivity index (χ3n) is 6.00. The number of benzene rings is 1. The molecule has 6 nitrogen and oxygen atoms in total. The molecule has 3 atom stereocenters. The van der Waals surface area contributed by atoms with E-state index in [4.69, 9.17) is 0 Å². The van der Waals surface area contributed by atoms with Crippen LogP contribution in [0.1, 0.15) is 22.7 Å². The van der Waals surface area contributed by atoms with Crippen LogP contribution >= 0.6 is 0 Å². The Balaban J connectivity index is 1.66. The zero-order valence-electron chi connectivity index (χ0n) is 16.5. The Hall–Kier alpha value is -3.07. The largest absolute Gasteiger partial charge is 0.356 e. The van der Waals surface area contributed by atoms with Crippen molar-refractivity contribution >= 4 is 11.8 Å². The van der Waals surface area contributed by atoms with E-state index in [2.05, 4.69) is 41.1 Å². The Bertz CT molecular complexity index is 935. The molecule has 2 fully saturated rings. The van der Waals surface area contributed by atoms with Gasteiger partial charge in [0.2, 0.25) is 0 Å². The minimum atomic E-state index is 0.0604. The normalized spacial score (nSPS) is 23.4. The van der Waals surface area contributed by atoms with Gasteiger partial charge in [0.25, 0.3) is 0 Å². The number of hydrogen-bond acceptors (Lipinski definition) is 4. The quantitative estimate of drug-likeness (QED) is 0.809. The average molecular weight is 375 g/mol. The Morgan fingerprint density at radius 2 is 2.00 bits per heavy atom. The molecule has 0 bridgehead atoms. The lowest BCUT2D eigenvalue weighted by atomic mass is 9.88. The van der Waals surface area contributed by atoms with Gasteiger partial charge in [-0.15, -0.1) is 0 Å². The fourth-order valence-corrected chi connectivity index (χ4v) is 4.66. The summed E-state index contributed by atoms with van der Waals surface area (Å²) in [5, 5.41) is 9.19.